The SMILES string of the molecule is CN(CCNc1nccc(N2CCCCCC2)n1)Cc1ccc(OCc2ccccc2)cc1. The summed E-state index contributed by atoms with van der Waals surface area (Å²) in [5.41, 5.74) is 2.44. The van der Waals surface area contributed by atoms with Crippen molar-refractivity contribution in [1.82, 2.24) is 14.9 Å². The summed E-state index contributed by atoms with van der Waals surface area (Å²) in [4.78, 5) is 13.8. The van der Waals surface area contributed by atoms with Gasteiger partial charge in [-0.2, -0.15) is 4.98 Å². The van der Waals surface area contributed by atoms with Gasteiger partial charge in [0, 0.05) is 38.9 Å². The van der Waals surface area contributed by atoms with Gasteiger partial charge in [-0.25, -0.2) is 4.98 Å². The predicted molar refractivity (Wildman–Crippen MR) is 135 cm³/mol. The van der Waals surface area contributed by atoms with Crippen LogP contribution in [0.4, 0.5) is 11.8 Å². The van der Waals surface area contributed by atoms with Crippen molar-refractivity contribution in [2.45, 2.75) is 38.8 Å². The highest BCUT2D eigenvalue weighted by Crippen LogP contribution is 2.18. The monoisotopic (exact) mass is 445 g/mol. The maximum absolute atomic E-state index is 5.89. The number of hydrogen-bond acceptors (Lipinski definition) is 6. The quantitative estimate of drug-likeness (QED) is 0.475. The third-order valence-electron chi connectivity index (χ3n) is 5.97. The fraction of sp³-hybridized carbons (Fsp3) is 0.407. The summed E-state index contributed by atoms with van der Waals surface area (Å²) < 4.78 is 5.89. The van der Waals surface area contributed by atoms with Gasteiger partial charge >= 0.3 is 0 Å². The molecule has 1 saturated heterocycles. The molecule has 3 aromatic rings. The van der Waals surface area contributed by atoms with E-state index in [1.54, 1.807) is 0 Å². The standard InChI is InChI=1S/C27H35N5O/c1-31(21-23-11-13-25(14-12-23)33-22-24-9-5-4-6-10-24)20-17-29-27-28-16-15-26(30-27)32-18-7-2-3-8-19-32/h4-6,9-16H,2-3,7-8,17-22H2,1H3,(H,28,29,30). The van der Waals surface area contributed by atoms with Gasteiger partial charge in [0.25, 0.3) is 0 Å². The van der Waals surface area contributed by atoms with Crippen LogP contribution < -0.4 is 15.0 Å². The first-order chi connectivity index (χ1) is 16.3. The Morgan fingerprint density at radius 3 is 2.42 bits per heavy atom. The van der Waals surface area contributed by atoms with E-state index in [4.69, 9.17) is 9.72 Å². The second-order valence-corrected chi connectivity index (χ2v) is 8.72. The van der Waals surface area contributed by atoms with Gasteiger partial charge < -0.3 is 19.9 Å². The van der Waals surface area contributed by atoms with E-state index in [9.17, 15) is 0 Å². The lowest BCUT2D eigenvalue weighted by Crippen LogP contribution is -2.27. The molecule has 0 atom stereocenters. The van der Waals surface area contributed by atoms with Gasteiger partial charge in [0.2, 0.25) is 5.95 Å². The van der Waals surface area contributed by atoms with Crippen LogP contribution in [0.1, 0.15) is 36.8 Å². The van der Waals surface area contributed by atoms with Crippen molar-refractivity contribution in [3.63, 3.8) is 0 Å². The van der Waals surface area contributed by atoms with Crippen LogP contribution in [0.5, 0.6) is 5.75 Å². The molecule has 0 saturated carbocycles. The summed E-state index contributed by atoms with van der Waals surface area (Å²) in [6.07, 6.45) is 7.00. The molecule has 0 spiro atoms. The van der Waals surface area contributed by atoms with Gasteiger partial charge in [0.1, 0.15) is 18.2 Å². The van der Waals surface area contributed by atoms with Gasteiger partial charge in [-0.05, 0) is 49.2 Å². The van der Waals surface area contributed by atoms with Crippen molar-refractivity contribution in [3.8, 4) is 5.75 Å². The molecule has 1 fully saturated rings. The summed E-state index contributed by atoms with van der Waals surface area (Å²) in [6, 6.07) is 20.6. The molecule has 1 aromatic heterocycles. The Morgan fingerprint density at radius 1 is 0.909 bits per heavy atom. The largest absolute Gasteiger partial charge is 0.489 e. The summed E-state index contributed by atoms with van der Waals surface area (Å²) in [7, 11) is 2.13. The first-order valence-electron chi connectivity index (χ1n) is 12.0. The van der Waals surface area contributed by atoms with E-state index in [1.807, 2.05) is 42.6 Å². The van der Waals surface area contributed by atoms with Crippen LogP contribution in [0.3, 0.4) is 0 Å². The van der Waals surface area contributed by atoms with Crippen LogP contribution in [0.15, 0.2) is 66.9 Å². The number of aromatic nitrogens is 2. The molecule has 6 nitrogen and oxygen atoms in total. The fourth-order valence-corrected chi connectivity index (χ4v) is 4.09. The Bertz CT molecular complexity index is 956. The molecule has 33 heavy (non-hydrogen) atoms. The first kappa shape index (κ1) is 23.1. The van der Waals surface area contributed by atoms with Crippen molar-refractivity contribution in [2.75, 3.05) is 43.4 Å². The molecule has 1 N–H and O–H groups in total. The average Bonchev–Trinajstić information content (AvgIpc) is 3.14. The Hall–Kier alpha value is -3.12. The van der Waals surface area contributed by atoms with Crippen molar-refractivity contribution in [1.29, 1.82) is 0 Å². The number of rotatable bonds is 10. The van der Waals surface area contributed by atoms with E-state index in [2.05, 4.69) is 51.4 Å². The normalized spacial score (nSPS) is 14.2. The minimum atomic E-state index is 0.590. The second-order valence-electron chi connectivity index (χ2n) is 8.72. The molecule has 0 aliphatic carbocycles. The van der Waals surface area contributed by atoms with Crippen LogP contribution in [-0.2, 0) is 13.2 Å². The average molecular weight is 446 g/mol. The molecule has 1 aliphatic heterocycles. The highest BCUT2D eigenvalue weighted by Gasteiger charge is 2.12. The molecule has 2 heterocycles. The van der Waals surface area contributed by atoms with Crippen molar-refractivity contribution in [3.05, 3.63) is 78.0 Å². The molecule has 0 bridgehead atoms. The molecular weight excluding hydrogens is 410 g/mol. The van der Waals surface area contributed by atoms with Crippen molar-refractivity contribution < 1.29 is 4.74 Å². The van der Waals surface area contributed by atoms with E-state index in [0.717, 1.165) is 44.3 Å². The van der Waals surface area contributed by atoms with Crippen molar-refractivity contribution >= 4 is 11.8 Å². The first-order valence-corrected chi connectivity index (χ1v) is 12.0. The molecule has 0 radical (unpaired) electrons. The smallest absolute Gasteiger partial charge is 0.224 e. The molecule has 0 amide bonds. The topological polar surface area (TPSA) is 53.5 Å². The Kier molecular flexibility index (Phi) is 8.53. The van der Waals surface area contributed by atoms with Crippen LogP contribution in [0.25, 0.3) is 0 Å². The predicted octanol–water partition coefficient (Wildman–Crippen LogP) is 4.98. The second kappa shape index (κ2) is 12.2. The minimum Gasteiger partial charge on any atom is -0.489 e. The molecule has 6 heteroatoms. The maximum Gasteiger partial charge on any atom is 0.224 e. The lowest BCUT2D eigenvalue weighted by molar-refractivity contribution is 0.305. The van der Waals surface area contributed by atoms with Gasteiger partial charge in [-0.3, -0.25) is 0 Å². The van der Waals surface area contributed by atoms with E-state index < -0.39 is 0 Å². The molecule has 2 aromatic carbocycles. The molecule has 1 aliphatic rings. The van der Waals surface area contributed by atoms with Crippen LogP contribution in [0.2, 0.25) is 0 Å². The van der Waals surface area contributed by atoms with Crippen LogP contribution in [0, 0.1) is 0 Å². The lowest BCUT2D eigenvalue weighted by Gasteiger charge is -2.22. The molecule has 4 rings (SSSR count). The number of likely N-dealkylation sites (N-methyl/N-ethyl adjacent to an activating group) is 1. The Labute approximate surface area is 197 Å². The maximum atomic E-state index is 5.89. The Balaban J connectivity index is 1.19. The fourth-order valence-electron chi connectivity index (χ4n) is 4.09. The highest BCUT2D eigenvalue weighted by atomic mass is 16.5. The summed E-state index contributed by atoms with van der Waals surface area (Å²) in [5.74, 6) is 2.65. The summed E-state index contributed by atoms with van der Waals surface area (Å²) in [6.45, 7) is 5.37. The summed E-state index contributed by atoms with van der Waals surface area (Å²) in [5, 5.41) is 3.39. The Morgan fingerprint density at radius 2 is 1.67 bits per heavy atom. The minimum absolute atomic E-state index is 0.590. The zero-order valence-corrected chi connectivity index (χ0v) is 19.6. The van der Waals surface area contributed by atoms with Crippen LogP contribution >= 0.6 is 0 Å². The highest BCUT2D eigenvalue weighted by molar-refractivity contribution is 5.42. The van der Waals surface area contributed by atoms with Gasteiger partial charge in [0.05, 0.1) is 0 Å². The van der Waals surface area contributed by atoms with Gasteiger partial charge in [-0.1, -0.05) is 55.3 Å². The third-order valence-corrected chi connectivity index (χ3v) is 5.97. The van der Waals surface area contributed by atoms with E-state index in [-0.39, 0.29) is 0 Å². The van der Waals surface area contributed by atoms with Gasteiger partial charge in [-0.15, -0.1) is 0 Å². The van der Waals surface area contributed by atoms with Gasteiger partial charge in [0.15, 0.2) is 0 Å². The number of nitrogens with zero attached hydrogens (tertiary/aromatic N) is 4. The molecule has 0 unspecified atom stereocenters. The van der Waals surface area contributed by atoms with E-state index in [1.165, 1.54) is 36.8 Å². The number of nitrogens with one attached hydrogen (secondary N) is 1. The molecular formula is C27H35N5O. The number of benzene rings is 2. The van der Waals surface area contributed by atoms with E-state index in [0.29, 0.717) is 12.6 Å². The van der Waals surface area contributed by atoms with Crippen molar-refractivity contribution in [2.24, 2.45) is 0 Å². The summed E-state index contributed by atoms with van der Waals surface area (Å²) >= 11 is 0. The lowest BCUT2D eigenvalue weighted by atomic mass is 10.2. The number of anilines is 2. The zero-order chi connectivity index (χ0) is 22.7. The zero-order valence-electron chi connectivity index (χ0n) is 19.6. The van der Waals surface area contributed by atoms with E-state index >= 15 is 0 Å². The van der Waals surface area contributed by atoms with Crippen LogP contribution in [-0.4, -0.2) is 48.1 Å². The number of hydrogen-bond donors (Lipinski definition) is 1. The molecule has 174 valence electrons. The third kappa shape index (κ3) is 7.46. The number of ether oxygens (including phenoxy) is 1.